The fourth-order valence-corrected chi connectivity index (χ4v) is 4.22. The molecule has 4 rings (SSSR count). The van der Waals surface area contributed by atoms with E-state index >= 15 is 0 Å². The molecule has 35 heavy (non-hydrogen) atoms. The van der Waals surface area contributed by atoms with E-state index in [1.807, 2.05) is 0 Å². The first kappa shape index (κ1) is 23.8. The fourth-order valence-electron chi connectivity index (χ4n) is 4.22. The topological polar surface area (TPSA) is 109 Å². The molecule has 1 fully saturated rings. The summed E-state index contributed by atoms with van der Waals surface area (Å²) in [6.45, 7) is 3.99. The van der Waals surface area contributed by atoms with Crippen molar-refractivity contribution >= 4 is 17.4 Å². The molecule has 1 unspecified atom stereocenters. The van der Waals surface area contributed by atoms with Crippen molar-refractivity contribution in [3.8, 4) is 17.2 Å². The summed E-state index contributed by atoms with van der Waals surface area (Å²) in [4.78, 5) is 32.0. The number of benzene rings is 2. The second-order valence-corrected chi connectivity index (χ2v) is 8.13. The highest BCUT2D eigenvalue weighted by Crippen LogP contribution is 2.43. The zero-order valence-electron chi connectivity index (χ0n) is 19.7. The number of hydrogen-bond donors (Lipinski definition) is 2. The van der Waals surface area contributed by atoms with Crippen molar-refractivity contribution in [2.75, 3.05) is 13.7 Å². The maximum Gasteiger partial charge on any atom is 0.295 e. The summed E-state index contributed by atoms with van der Waals surface area (Å²) in [5.41, 5.74) is 2.30. The van der Waals surface area contributed by atoms with E-state index in [0.717, 1.165) is 5.56 Å². The Morgan fingerprint density at radius 2 is 1.94 bits per heavy atom. The third-order valence-electron chi connectivity index (χ3n) is 5.90. The molecule has 1 aliphatic rings. The van der Waals surface area contributed by atoms with Gasteiger partial charge in [-0.25, -0.2) is 0 Å². The Morgan fingerprint density at radius 1 is 1.14 bits per heavy atom. The number of amides is 1. The van der Waals surface area contributed by atoms with Crippen LogP contribution in [0, 0.1) is 6.92 Å². The van der Waals surface area contributed by atoms with Crippen molar-refractivity contribution in [3.63, 3.8) is 0 Å². The molecular formula is C27H26N2O6. The van der Waals surface area contributed by atoms with Gasteiger partial charge >= 0.3 is 0 Å². The van der Waals surface area contributed by atoms with Crippen LogP contribution < -0.4 is 9.47 Å². The van der Waals surface area contributed by atoms with Crippen LogP contribution in [0.2, 0.25) is 0 Å². The average molecular weight is 475 g/mol. The lowest BCUT2D eigenvalue weighted by molar-refractivity contribution is -0.140. The molecule has 3 aromatic rings. The molecule has 180 valence electrons. The number of carbonyl (C=O) groups is 2. The number of rotatable bonds is 7. The molecule has 2 aromatic carbocycles. The zero-order chi connectivity index (χ0) is 25.1. The van der Waals surface area contributed by atoms with Crippen LogP contribution in [0.4, 0.5) is 0 Å². The minimum absolute atomic E-state index is 0.0414. The first-order chi connectivity index (χ1) is 16.8. The SMILES string of the molecule is CCOc1cc(C2/C(=C(\O)c3ccc(OC)cc3C)C(=O)C(=O)N2Cc2cccnc2)ccc1O. The number of ketones is 1. The number of aromatic nitrogens is 1. The minimum Gasteiger partial charge on any atom is -0.507 e. The van der Waals surface area contributed by atoms with Crippen molar-refractivity contribution in [3.05, 3.63) is 88.8 Å². The number of aliphatic hydroxyl groups excluding tert-OH is 1. The summed E-state index contributed by atoms with van der Waals surface area (Å²) in [6.07, 6.45) is 3.24. The predicted octanol–water partition coefficient (Wildman–Crippen LogP) is 4.12. The molecule has 0 spiro atoms. The first-order valence-corrected chi connectivity index (χ1v) is 11.1. The van der Waals surface area contributed by atoms with Gasteiger partial charge in [0.05, 0.1) is 25.3 Å². The molecule has 8 nitrogen and oxygen atoms in total. The van der Waals surface area contributed by atoms with Crippen LogP contribution in [-0.2, 0) is 16.1 Å². The maximum absolute atomic E-state index is 13.3. The molecule has 1 aliphatic heterocycles. The van der Waals surface area contributed by atoms with Crippen LogP contribution in [0.5, 0.6) is 17.2 Å². The normalized spacial score (nSPS) is 17.0. The number of phenolic OH excluding ortho intramolecular Hbond substituents is 1. The van der Waals surface area contributed by atoms with Gasteiger partial charge in [0.2, 0.25) is 0 Å². The summed E-state index contributed by atoms with van der Waals surface area (Å²) in [6, 6.07) is 12.4. The Morgan fingerprint density at radius 3 is 2.60 bits per heavy atom. The Balaban J connectivity index is 1.90. The van der Waals surface area contributed by atoms with E-state index in [1.54, 1.807) is 75.8 Å². The highest BCUT2D eigenvalue weighted by atomic mass is 16.5. The summed E-state index contributed by atoms with van der Waals surface area (Å²) in [7, 11) is 1.54. The molecule has 1 saturated heterocycles. The highest BCUT2D eigenvalue weighted by molar-refractivity contribution is 6.46. The number of ether oxygens (including phenoxy) is 2. The number of pyridine rings is 1. The standard InChI is InChI=1S/C27H26N2O6/c1-4-35-22-13-18(7-10-21(22)30)24-23(25(31)20-9-8-19(34-3)12-16(20)2)26(32)27(33)29(24)15-17-6-5-11-28-14-17/h5-14,24,30-31H,4,15H2,1-3H3/b25-23+. The van der Waals surface area contributed by atoms with Gasteiger partial charge in [-0.3, -0.25) is 14.6 Å². The van der Waals surface area contributed by atoms with E-state index in [4.69, 9.17) is 9.47 Å². The number of carbonyl (C=O) groups excluding carboxylic acids is 2. The van der Waals surface area contributed by atoms with Gasteiger partial charge in [0.15, 0.2) is 11.5 Å². The second kappa shape index (κ2) is 9.89. The van der Waals surface area contributed by atoms with E-state index in [9.17, 15) is 19.8 Å². The lowest BCUT2D eigenvalue weighted by Crippen LogP contribution is -2.29. The molecule has 0 bridgehead atoms. The van der Waals surface area contributed by atoms with Crippen LogP contribution in [0.3, 0.4) is 0 Å². The Hall–Kier alpha value is -4.33. The Labute approximate surface area is 203 Å². The van der Waals surface area contributed by atoms with Gasteiger partial charge in [-0.15, -0.1) is 0 Å². The Kier molecular flexibility index (Phi) is 6.73. The third kappa shape index (κ3) is 4.55. The molecule has 1 aromatic heterocycles. The van der Waals surface area contributed by atoms with Crippen molar-refractivity contribution in [2.45, 2.75) is 26.4 Å². The largest absolute Gasteiger partial charge is 0.507 e. The van der Waals surface area contributed by atoms with Gasteiger partial charge in [-0.2, -0.15) is 0 Å². The summed E-state index contributed by atoms with van der Waals surface area (Å²) in [5, 5.41) is 21.5. The van der Waals surface area contributed by atoms with Crippen molar-refractivity contribution in [1.82, 2.24) is 9.88 Å². The van der Waals surface area contributed by atoms with Gasteiger partial charge in [-0.1, -0.05) is 12.1 Å². The zero-order valence-corrected chi connectivity index (χ0v) is 19.7. The third-order valence-corrected chi connectivity index (χ3v) is 5.90. The van der Waals surface area contributed by atoms with Gasteiger partial charge in [0, 0.05) is 24.5 Å². The summed E-state index contributed by atoms with van der Waals surface area (Å²) < 4.78 is 10.8. The minimum atomic E-state index is -0.906. The first-order valence-electron chi connectivity index (χ1n) is 11.1. The fraction of sp³-hybridized carbons (Fsp3) is 0.222. The molecule has 1 atom stereocenters. The van der Waals surface area contributed by atoms with Crippen LogP contribution in [0.15, 0.2) is 66.5 Å². The van der Waals surface area contributed by atoms with Crippen molar-refractivity contribution in [2.24, 2.45) is 0 Å². The molecule has 8 heteroatoms. The molecule has 0 saturated carbocycles. The average Bonchev–Trinajstić information content (AvgIpc) is 3.10. The quantitative estimate of drug-likeness (QED) is 0.301. The molecule has 0 radical (unpaired) electrons. The number of phenols is 1. The molecule has 2 N–H and O–H groups in total. The molecule has 1 amide bonds. The number of aliphatic hydroxyl groups is 1. The predicted molar refractivity (Wildman–Crippen MR) is 129 cm³/mol. The summed E-state index contributed by atoms with van der Waals surface area (Å²) in [5.74, 6) is -1.06. The van der Waals surface area contributed by atoms with Crippen LogP contribution in [-0.4, -0.2) is 45.5 Å². The van der Waals surface area contributed by atoms with Crippen LogP contribution in [0.25, 0.3) is 5.76 Å². The second-order valence-electron chi connectivity index (χ2n) is 8.13. The molecule has 2 heterocycles. The highest BCUT2D eigenvalue weighted by Gasteiger charge is 2.46. The molecule has 0 aliphatic carbocycles. The van der Waals surface area contributed by atoms with E-state index in [2.05, 4.69) is 4.98 Å². The lowest BCUT2D eigenvalue weighted by atomic mass is 9.93. The van der Waals surface area contributed by atoms with Crippen LogP contribution in [0.1, 0.15) is 35.2 Å². The lowest BCUT2D eigenvalue weighted by Gasteiger charge is -2.26. The van der Waals surface area contributed by atoms with Gasteiger partial charge in [0.1, 0.15) is 11.5 Å². The van der Waals surface area contributed by atoms with E-state index in [0.29, 0.717) is 29.0 Å². The van der Waals surface area contributed by atoms with Gasteiger partial charge in [-0.05, 0) is 66.9 Å². The monoisotopic (exact) mass is 474 g/mol. The van der Waals surface area contributed by atoms with Crippen LogP contribution >= 0.6 is 0 Å². The van der Waals surface area contributed by atoms with E-state index in [1.165, 1.54) is 11.0 Å². The summed E-state index contributed by atoms with van der Waals surface area (Å²) >= 11 is 0. The molecular weight excluding hydrogens is 448 g/mol. The van der Waals surface area contributed by atoms with Crippen molar-refractivity contribution < 1.29 is 29.3 Å². The van der Waals surface area contributed by atoms with E-state index < -0.39 is 17.7 Å². The number of hydrogen-bond acceptors (Lipinski definition) is 7. The number of likely N-dealkylation sites (tertiary alicyclic amines) is 1. The van der Waals surface area contributed by atoms with Gasteiger partial charge < -0.3 is 24.6 Å². The maximum atomic E-state index is 13.3. The number of nitrogens with zero attached hydrogens (tertiary/aromatic N) is 2. The van der Waals surface area contributed by atoms with Gasteiger partial charge in [0.25, 0.3) is 11.7 Å². The van der Waals surface area contributed by atoms with Crippen molar-refractivity contribution in [1.29, 1.82) is 0 Å². The number of aromatic hydroxyl groups is 1. The Bertz CT molecular complexity index is 1300. The van der Waals surface area contributed by atoms with E-state index in [-0.39, 0.29) is 29.4 Å². The number of methoxy groups -OCH3 is 1. The number of Topliss-reactive ketones (excluding diaryl/α,β-unsaturated/α-hetero) is 1. The smallest absolute Gasteiger partial charge is 0.295 e. The number of aryl methyl sites for hydroxylation is 1.